The molecule has 1 saturated heterocycles. The zero-order valence-electron chi connectivity index (χ0n) is 14.0. The summed E-state index contributed by atoms with van der Waals surface area (Å²) in [6.07, 6.45) is 0. The number of ether oxygens (including phenoxy) is 1. The van der Waals surface area contributed by atoms with Crippen LogP contribution in [0.25, 0.3) is 0 Å². The second kappa shape index (κ2) is 7.85. The van der Waals surface area contributed by atoms with Crippen LogP contribution in [-0.4, -0.2) is 49.0 Å². The number of nitrogens with zero attached hydrogens (tertiary/aromatic N) is 2. The molecule has 3 rings (SSSR count). The lowest BCUT2D eigenvalue weighted by atomic mass is 10.1. The fourth-order valence-corrected chi connectivity index (χ4v) is 3.18. The Morgan fingerprint density at radius 3 is 2.56 bits per heavy atom. The van der Waals surface area contributed by atoms with Gasteiger partial charge in [-0.1, -0.05) is 23.7 Å². The molecule has 1 aliphatic rings. The van der Waals surface area contributed by atoms with Crippen LogP contribution in [-0.2, 0) is 6.54 Å². The van der Waals surface area contributed by atoms with E-state index in [4.69, 9.17) is 16.3 Å². The Morgan fingerprint density at radius 1 is 1.16 bits per heavy atom. The Balaban J connectivity index is 1.59. The Hall–Kier alpha value is -2.11. The average Bonchev–Trinajstić information content (AvgIpc) is 2.62. The smallest absolute Gasteiger partial charge is 0.256 e. The topological polar surface area (TPSA) is 32.8 Å². The zero-order valence-corrected chi connectivity index (χ0v) is 14.8. The van der Waals surface area contributed by atoms with Gasteiger partial charge in [-0.05, 0) is 29.8 Å². The maximum Gasteiger partial charge on any atom is 0.256 e. The summed E-state index contributed by atoms with van der Waals surface area (Å²) in [5.74, 6) is -0.423. The van der Waals surface area contributed by atoms with Crippen LogP contribution in [0.15, 0.2) is 42.5 Å². The van der Waals surface area contributed by atoms with Gasteiger partial charge in [-0.25, -0.2) is 4.39 Å². The lowest BCUT2D eigenvalue weighted by Crippen LogP contribution is -2.48. The van der Waals surface area contributed by atoms with Crippen molar-refractivity contribution in [3.05, 3.63) is 64.4 Å². The number of hydrogen-bond donors (Lipinski definition) is 0. The number of hydrogen-bond acceptors (Lipinski definition) is 3. The third kappa shape index (κ3) is 4.30. The van der Waals surface area contributed by atoms with Crippen LogP contribution in [0.5, 0.6) is 5.75 Å². The standard InChI is InChI=1S/C19H20ClFN2O2/c1-25-16-5-6-17(18(21)12-16)19(24)23-9-7-22(8-10-23)13-14-3-2-4-15(20)11-14/h2-6,11-12H,7-10,13H2,1H3. The molecular weight excluding hydrogens is 343 g/mol. The number of carbonyl (C=O) groups excluding carboxylic acids is 1. The van der Waals surface area contributed by atoms with Crippen LogP contribution < -0.4 is 4.74 Å². The summed E-state index contributed by atoms with van der Waals surface area (Å²) in [6, 6.07) is 12.1. The highest BCUT2D eigenvalue weighted by Crippen LogP contribution is 2.19. The monoisotopic (exact) mass is 362 g/mol. The van der Waals surface area contributed by atoms with E-state index in [2.05, 4.69) is 4.90 Å². The molecule has 0 N–H and O–H groups in total. The molecule has 4 nitrogen and oxygen atoms in total. The molecule has 2 aromatic carbocycles. The highest BCUT2D eigenvalue weighted by Gasteiger charge is 2.24. The molecule has 0 unspecified atom stereocenters. The Morgan fingerprint density at radius 2 is 1.92 bits per heavy atom. The molecule has 1 aliphatic heterocycles. The molecule has 25 heavy (non-hydrogen) atoms. The summed E-state index contributed by atoms with van der Waals surface area (Å²) in [6.45, 7) is 3.43. The number of piperazine rings is 1. The van der Waals surface area contributed by atoms with E-state index in [0.29, 0.717) is 18.8 Å². The lowest BCUT2D eigenvalue weighted by Gasteiger charge is -2.34. The average molecular weight is 363 g/mol. The number of carbonyl (C=O) groups is 1. The van der Waals surface area contributed by atoms with Crippen LogP contribution in [0, 0.1) is 5.82 Å². The van der Waals surface area contributed by atoms with E-state index >= 15 is 0 Å². The SMILES string of the molecule is COc1ccc(C(=O)N2CCN(Cc3cccc(Cl)c3)CC2)c(F)c1. The summed E-state index contributed by atoms with van der Waals surface area (Å²) in [5, 5.41) is 0.723. The minimum atomic E-state index is -0.550. The van der Waals surface area contributed by atoms with E-state index in [9.17, 15) is 9.18 Å². The summed E-state index contributed by atoms with van der Waals surface area (Å²) in [4.78, 5) is 16.5. The van der Waals surface area contributed by atoms with Gasteiger partial charge in [0.1, 0.15) is 11.6 Å². The van der Waals surface area contributed by atoms with Gasteiger partial charge in [-0.15, -0.1) is 0 Å². The van der Waals surface area contributed by atoms with Crippen molar-refractivity contribution in [2.75, 3.05) is 33.3 Å². The summed E-state index contributed by atoms with van der Waals surface area (Å²) < 4.78 is 19.1. The maximum atomic E-state index is 14.1. The van der Waals surface area contributed by atoms with Gasteiger partial charge in [0.25, 0.3) is 5.91 Å². The largest absolute Gasteiger partial charge is 0.497 e. The second-order valence-corrected chi connectivity index (χ2v) is 6.48. The van der Waals surface area contributed by atoms with E-state index in [1.165, 1.54) is 19.2 Å². The third-order valence-corrected chi connectivity index (χ3v) is 4.60. The van der Waals surface area contributed by atoms with E-state index in [0.717, 1.165) is 30.2 Å². The van der Waals surface area contributed by atoms with Crippen molar-refractivity contribution in [2.45, 2.75) is 6.54 Å². The third-order valence-electron chi connectivity index (χ3n) is 4.36. The van der Waals surface area contributed by atoms with Gasteiger partial charge in [-0.2, -0.15) is 0 Å². The van der Waals surface area contributed by atoms with Crippen molar-refractivity contribution >= 4 is 17.5 Å². The quantitative estimate of drug-likeness (QED) is 0.835. The van der Waals surface area contributed by atoms with Crippen molar-refractivity contribution in [3.8, 4) is 5.75 Å². The fourth-order valence-electron chi connectivity index (χ4n) is 2.97. The molecule has 6 heteroatoms. The van der Waals surface area contributed by atoms with Gasteiger partial charge in [0.15, 0.2) is 0 Å². The van der Waals surface area contributed by atoms with Gasteiger partial charge in [0.2, 0.25) is 0 Å². The summed E-state index contributed by atoms with van der Waals surface area (Å²) in [7, 11) is 1.47. The first-order valence-corrected chi connectivity index (χ1v) is 8.54. The van der Waals surface area contributed by atoms with Crippen LogP contribution in [0.2, 0.25) is 5.02 Å². The fraction of sp³-hybridized carbons (Fsp3) is 0.316. The predicted octanol–water partition coefficient (Wildman–Crippen LogP) is 3.45. The first-order chi connectivity index (χ1) is 12.1. The highest BCUT2D eigenvalue weighted by atomic mass is 35.5. The number of halogens is 2. The van der Waals surface area contributed by atoms with Crippen molar-refractivity contribution in [2.24, 2.45) is 0 Å². The van der Waals surface area contributed by atoms with Crippen LogP contribution >= 0.6 is 11.6 Å². The van der Waals surface area contributed by atoms with Crippen molar-refractivity contribution in [3.63, 3.8) is 0 Å². The van der Waals surface area contributed by atoms with Crippen LogP contribution in [0.3, 0.4) is 0 Å². The first-order valence-electron chi connectivity index (χ1n) is 8.16. The van der Waals surface area contributed by atoms with Crippen LogP contribution in [0.4, 0.5) is 4.39 Å². The highest BCUT2D eigenvalue weighted by molar-refractivity contribution is 6.30. The van der Waals surface area contributed by atoms with E-state index in [1.807, 2.05) is 24.3 Å². The zero-order chi connectivity index (χ0) is 17.8. The van der Waals surface area contributed by atoms with E-state index < -0.39 is 5.82 Å². The molecule has 0 radical (unpaired) electrons. The number of methoxy groups -OCH3 is 1. The van der Waals surface area contributed by atoms with E-state index in [-0.39, 0.29) is 11.5 Å². The van der Waals surface area contributed by atoms with Crippen molar-refractivity contribution in [1.29, 1.82) is 0 Å². The molecule has 1 fully saturated rings. The Kier molecular flexibility index (Phi) is 5.56. The molecule has 1 amide bonds. The predicted molar refractivity (Wildman–Crippen MR) is 95.6 cm³/mol. The molecular formula is C19H20ClFN2O2. The Bertz CT molecular complexity index is 761. The number of amides is 1. The lowest BCUT2D eigenvalue weighted by molar-refractivity contribution is 0.0624. The van der Waals surface area contributed by atoms with Gasteiger partial charge in [-0.3, -0.25) is 9.69 Å². The van der Waals surface area contributed by atoms with Crippen molar-refractivity contribution < 1.29 is 13.9 Å². The minimum absolute atomic E-state index is 0.0871. The molecule has 0 bridgehead atoms. The number of rotatable bonds is 4. The molecule has 2 aromatic rings. The van der Waals surface area contributed by atoms with Gasteiger partial charge in [0, 0.05) is 43.8 Å². The van der Waals surface area contributed by atoms with Gasteiger partial charge < -0.3 is 9.64 Å². The van der Waals surface area contributed by atoms with Gasteiger partial charge >= 0.3 is 0 Å². The maximum absolute atomic E-state index is 14.1. The molecule has 1 heterocycles. The normalized spacial score (nSPS) is 15.2. The molecule has 0 atom stereocenters. The first kappa shape index (κ1) is 17.7. The molecule has 0 aliphatic carbocycles. The van der Waals surface area contributed by atoms with E-state index in [1.54, 1.807) is 11.0 Å². The van der Waals surface area contributed by atoms with Gasteiger partial charge in [0.05, 0.1) is 12.7 Å². The van der Waals surface area contributed by atoms with Crippen LogP contribution in [0.1, 0.15) is 15.9 Å². The number of benzene rings is 2. The summed E-state index contributed by atoms with van der Waals surface area (Å²) in [5.41, 5.74) is 1.23. The Labute approximate surface area is 151 Å². The van der Waals surface area contributed by atoms with Crippen molar-refractivity contribution in [1.82, 2.24) is 9.80 Å². The molecule has 0 saturated carbocycles. The molecule has 132 valence electrons. The second-order valence-electron chi connectivity index (χ2n) is 6.04. The molecule has 0 spiro atoms. The molecule has 0 aromatic heterocycles. The minimum Gasteiger partial charge on any atom is -0.497 e. The summed E-state index contributed by atoms with van der Waals surface area (Å²) >= 11 is 6.02.